The molecule has 1 aliphatic rings. The van der Waals surface area contributed by atoms with Gasteiger partial charge in [-0.2, -0.15) is 0 Å². The average molecular weight is 184 g/mol. The molecule has 0 saturated carbocycles. The summed E-state index contributed by atoms with van der Waals surface area (Å²) in [7, 11) is 3.41. The van der Waals surface area contributed by atoms with Crippen molar-refractivity contribution in [2.75, 3.05) is 0 Å². The highest BCUT2D eigenvalue weighted by Gasteiger charge is 2.19. The molecule has 0 amide bonds. The second kappa shape index (κ2) is 4.84. The van der Waals surface area contributed by atoms with Gasteiger partial charge in [-0.15, -0.1) is 0 Å². The Morgan fingerprint density at radius 1 is 1.50 bits per heavy atom. The minimum Gasteiger partial charge on any atom is -0.384 e. The molecule has 1 heterocycles. The topological polar surface area (TPSA) is 49.7 Å². The van der Waals surface area contributed by atoms with Gasteiger partial charge in [0.1, 0.15) is 7.85 Å². The van der Waals surface area contributed by atoms with E-state index >= 15 is 0 Å². The normalized spacial score (nSPS) is 28.6. The third-order valence-corrected chi connectivity index (χ3v) is 2.01. The Balaban J connectivity index is 2.21. The molecule has 0 spiro atoms. The molecule has 0 aromatic rings. The highest BCUT2D eigenvalue weighted by Crippen LogP contribution is 2.22. The highest BCUT2D eigenvalue weighted by atomic mass is 31.2. The van der Waals surface area contributed by atoms with E-state index in [4.69, 9.17) is 22.4 Å². The predicted molar refractivity (Wildman–Crippen MR) is 47.4 cm³/mol. The van der Waals surface area contributed by atoms with E-state index in [0.717, 1.165) is 12.8 Å². The second-order valence-corrected chi connectivity index (χ2v) is 3.46. The fourth-order valence-electron chi connectivity index (χ4n) is 1.11. The first kappa shape index (κ1) is 10.0. The van der Waals surface area contributed by atoms with Gasteiger partial charge in [0.2, 0.25) is 0 Å². The lowest BCUT2D eigenvalue weighted by molar-refractivity contribution is 0.0918. The summed E-state index contributed by atoms with van der Waals surface area (Å²) in [6.07, 6.45) is 2.37. The van der Waals surface area contributed by atoms with Gasteiger partial charge in [0.15, 0.2) is 0 Å². The van der Waals surface area contributed by atoms with Crippen molar-refractivity contribution in [2.45, 2.75) is 31.4 Å². The zero-order valence-corrected chi connectivity index (χ0v) is 7.50. The summed E-state index contributed by atoms with van der Waals surface area (Å²) in [6, 6.07) is -0.165. The molecule has 64 valence electrons. The minimum absolute atomic E-state index is 0.0717. The molecule has 2 N–H and O–H groups in total. The standard InChI is InChI=1S/C7H10BO3P/c8-7-4-3-6(11-7)2-1-5-12(9)10/h6-7,9-10H,2-4H2. The average Bonchev–Trinajstić information content (AvgIpc) is 2.35. The van der Waals surface area contributed by atoms with Crippen LogP contribution in [0.15, 0.2) is 0 Å². The summed E-state index contributed by atoms with van der Waals surface area (Å²) < 4.78 is 5.26. The molecular formula is C7H10BO3P. The number of hydrogen-bond acceptors (Lipinski definition) is 3. The van der Waals surface area contributed by atoms with Crippen LogP contribution in [0.2, 0.25) is 0 Å². The molecule has 1 aliphatic heterocycles. The molecule has 0 aromatic heterocycles. The van der Waals surface area contributed by atoms with Gasteiger partial charge < -0.3 is 14.5 Å². The van der Waals surface area contributed by atoms with Crippen LogP contribution in [0.4, 0.5) is 0 Å². The molecule has 12 heavy (non-hydrogen) atoms. The second-order valence-electron chi connectivity index (χ2n) is 2.66. The van der Waals surface area contributed by atoms with Crippen molar-refractivity contribution in [3.05, 3.63) is 0 Å². The lowest BCUT2D eigenvalue weighted by atomic mass is 9.97. The third-order valence-electron chi connectivity index (χ3n) is 1.65. The molecule has 2 unspecified atom stereocenters. The zero-order chi connectivity index (χ0) is 8.97. The van der Waals surface area contributed by atoms with Gasteiger partial charge in [-0.05, 0) is 18.5 Å². The van der Waals surface area contributed by atoms with Crippen molar-refractivity contribution in [1.29, 1.82) is 0 Å². The number of ether oxygens (including phenoxy) is 1. The van der Waals surface area contributed by atoms with E-state index in [-0.39, 0.29) is 12.1 Å². The lowest BCUT2D eigenvalue weighted by Gasteiger charge is -2.06. The lowest BCUT2D eigenvalue weighted by Crippen LogP contribution is -2.09. The minimum atomic E-state index is -2.08. The van der Waals surface area contributed by atoms with E-state index in [1.54, 1.807) is 0 Å². The van der Waals surface area contributed by atoms with Crippen LogP contribution < -0.4 is 0 Å². The maximum Gasteiger partial charge on any atom is 0.251 e. The van der Waals surface area contributed by atoms with E-state index in [0.29, 0.717) is 6.42 Å². The quantitative estimate of drug-likeness (QED) is 0.350. The SMILES string of the molecule is [B]C1CCC(CC#CP(O)O)O1. The van der Waals surface area contributed by atoms with Gasteiger partial charge in [0.05, 0.1) is 6.10 Å². The Labute approximate surface area is 74.4 Å². The molecule has 1 fully saturated rings. The van der Waals surface area contributed by atoms with Gasteiger partial charge in [0.25, 0.3) is 8.38 Å². The van der Waals surface area contributed by atoms with Gasteiger partial charge in [0, 0.05) is 12.4 Å². The smallest absolute Gasteiger partial charge is 0.251 e. The van der Waals surface area contributed by atoms with E-state index in [2.05, 4.69) is 11.6 Å². The maximum atomic E-state index is 8.46. The van der Waals surface area contributed by atoms with Gasteiger partial charge in [-0.1, -0.05) is 5.92 Å². The summed E-state index contributed by atoms with van der Waals surface area (Å²) in [5, 5.41) is 0. The monoisotopic (exact) mass is 184 g/mol. The van der Waals surface area contributed by atoms with Crippen molar-refractivity contribution in [1.82, 2.24) is 0 Å². The molecule has 0 aromatic carbocycles. The summed E-state index contributed by atoms with van der Waals surface area (Å²) in [6.45, 7) is 0. The van der Waals surface area contributed by atoms with Gasteiger partial charge in [-0.25, -0.2) is 0 Å². The zero-order valence-electron chi connectivity index (χ0n) is 6.60. The summed E-state index contributed by atoms with van der Waals surface area (Å²) in [5.41, 5.74) is 2.29. The van der Waals surface area contributed by atoms with E-state index in [1.807, 2.05) is 0 Å². The van der Waals surface area contributed by atoms with E-state index in [9.17, 15) is 0 Å². The Morgan fingerprint density at radius 2 is 2.25 bits per heavy atom. The van der Waals surface area contributed by atoms with Crippen LogP contribution in [-0.4, -0.2) is 29.7 Å². The molecule has 3 nitrogen and oxygen atoms in total. The van der Waals surface area contributed by atoms with E-state index in [1.165, 1.54) is 0 Å². The Bertz CT molecular complexity index is 199. The summed E-state index contributed by atoms with van der Waals surface area (Å²) in [4.78, 5) is 16.9. The first-order valence-electron chi connectivity index (χ1n) is 3.76. The van der Waals surface area contributed by atoms with Crippen LogP contribution in [0.25, 0.3) is 0 Å². The number of hydrogen-bond donors (Lipinski definition) is 2. The molecule has 0 aliphatic carbocycles. The Morgan fingerprint density at radius 3 is 2.75 bits per heavy atom. The Kier molecular flexibility index (Phi) is 4.04. The predicted octanol–water partition coefficient (Wildman–Crippen LogP) is 0.307. The third kappa shape index (κ3) is 3.56. The van der Waals surface area contributed by atoms with E-state index < -0.39 is 8.38 Å². The summed E-state index contributed by atoms with van der Waals surface area (Å²) >= 11 is 0. The molecule has 2 atom stereocenters. The molecular weight excluding hydrogens is 174 g/mol. The Hall–Kier alpha value is -0.0651. The molecule has 2 radical (unpaired) electrons. The van der Waals surface area contributed by atoms with Crippen LogP contribution in [0, 0.1) is 11.6 Å². The fourth-order valence-corrected chi connectivity index (χ4v) is 1.35. The molecule has 1 saturated heterocycles. The highest BCUT2D eigenvalue weighted by molar-refractivity contribution is 7.50. The van der Waals surface area contributed by atoms with Crippen molar-refractivity contribution in [3.63, 3.8) is 0 Å². The first-order chi connectivity index (χ1) is 5.68. The molecule has 1 rings (SSSR count). The van der Waals surface area contributed by atoms with Crippen molar-refractivity contribution in [2.24, 2.45) is 0 Å². The molecule has 0 bridgehead atoms. The van der Waals surface area contributed by atoms with Crippen LogP contribution >= 0.6 is 8.38 Å². The molecule has 5 heteroatoms. The van der Waals surface area contributed by atoms with Crippen molar-refractivity contribution >= 4 is 16.2 Å². The van der Waals surface area contributed by atoms with Crippen molar-refractivity contribution in [3.8, 4) is 11.6 Å². The summed E-state index contributed by atoms with van der Waals surface area (Å²) in [5.74, 6) is 2.65. The first-order valence-corrected chi connectivity index (χ1v) is 5.00. The van der Waals surface area contributed by atoms with Crippen LogP contribution in [-0.2, 0) is 4.74 Å². The van der Waals surface area contributed by atoms with Crippen LogP contribution in [0.1, 0.15) is 19.3 Å². The fraction of sp³-hybridized carbons (Fsp3) is 0.714. The maximum absolute atomic E-state index is 8.46. The van der Waals surface area contributed by atoms with Crippen LogP contribution in [0.3, 0.4) is 0 Å². The largest absolute Gasteiger partial charge is 0.384 e. The van der Waals surface area contributed by atoms with Gasteiger partial charge in [-0.3, -0.25) is 0 Å². The van der Waals surface area contributed by atoms with Crippen molar-refractivity contribution < 1.29 is 14.5 Å². The van der Waals surface area contributed by atoms with Crippen LogP contribution in [0.5, 0.6) is 0 Å². The number of rotatable bonds is 1. The van der Waals surface area contributed by atoms with Gasteiger partial charge >= 0.3 is 0 Å².